The molecule has 9 nitrogen and oxygen atoms in total. The van der Waals surface area contributed by atoms with Gasteiger partial charge < -0.3 is 31.3 Å². The van der Waals surface area contributed by atoms with E-state index < -0.39 is 44.5 Å². The van der Waals surface area contributed by atoms with Crippen LogP contribution in [0.25, 0.3) is 0 Å². The van der Waals surface area contributed by atoms with Gasteiger partial charge in [-0.25, -0.2) is 0 Å². The maximum atomic E-state index is 11.2. The van der Waals surface area contributed by atoms with Crippen LogP contribution >= 0.6 is 7.60 Å². The van der Waals surface area contributed by atoms with Gasteiger partial charge in [0.2, 0.25) is 5.91 Å². The number of rotatable bonds is 8. The number of carbonyl (C=O) groups excluding carboxylic acids is 1. The van der Waals surface area contributed by atoms with E-state index in [9.17, 15) is 19.6 Å². The minimum Gasteiger partial charge on any atom is -0.394 e. The predicted molar refractivity (Wildman–Crippen MR) is 66.4 cm³/mol. The first kappa shape index (κ1) is 18.5. The van der Waals surface area contributed by atoms with E-state index in [4.69, 9.17) is 15.7 Å². The average Bonchev–Trinajstić information content (AvgIpc) is 2.29. The lowest BCUT2D eigenvalue weighted by Crippen LogP contribution is -2.55. The number of carbonyl (C=O) groups is 1. The van der Waals surface area contributed by atoms with Gasteiger partial charge in [0.05, 0.1) is 12.6 Å². The number of amides is 1. The maximum absolute atomic E-state index is 11.2. The van der Waals surface area contributed by atoms with Crippen LogP contribution in [0.3, 0.4) is 0 Å². The third kappa shape index (κ3) is 6.98. The third-order valence-electron chi connectivity index (χ3n) is 2.28. The summed E-state index contributed by atoms with van der Waals surface area (Å²) in [6, 6.07) is -0.991. The lowest BCUT2D eigenvalue weighted by Gasteiger charge is -2.32. The molecule has 5 atom stereocenters. The third-order valence-corrected chi connectivity index (χ3v) is 2.91. The quantitative estimate of drug-likeness (QED) is 0.265. The van der Waals surface area contributed by atoms with Gasteiger partial charge in [0, 0.05) is 20.1 Å². The zero-order valence-corrected chi connectivity index (χ0v) is 11.7. The molecule has 10 heteroatoms. The second kappa shape index (κ2) is 7.91. The number of nitrogens with one attached hydrogen (secondary N) is 1. The molecular formula is C9H21N2O7P. The Morgan fingerprint density at radius 2 is 2.00 bits per heavy atom. The Morgan fingerprint density at radius 1 is 1.47 bits per heavy atom. The molecule has 0 aliphatic carbocycles. The Kier molecular flexibility index (Phi) is 7.68. The Labute approximate surface area is 110 Å². The fourth-order valence-corrected chi connectivity index (χ4v) is 2.18. The normalized spacial score (nSPS) is 21.0. The summed E-state index contributed by atoms with van der Waals surface area (Å²) in [6.45, 7) is 1.09. The van der Waals surface area contributed by atoms with Crippen LogP contribution in [-0.2, 0) is 13.9 Å². The van der Waals surface area contributed by atoms with Crippen molar-refractivity contribution in [2.45, 2.75) is 31.3 Å². The summed E-state index contributed by atoms with van der Waals surface area (Å²) >= 11 is 0. The molecule has 5 unspecified atom stereocenters. The lowest BCUT2D eigenvalue weighted by molar-refractivity contribution is -0.122. The van der Waals surface area contributed by atoms with Gasteiger partial charge in [-0.1, -0.05) is 0 Å². The predicted octanol–water partition coefficient (Wildman–Crippen LogP) is -2.64. The highest BCUT2D eigenvalue weighted by Gasteiger charge is 2.36. The molecule has 0 aromatic carbocycles. The van der Waals surface area contributed by atoms with Gasteiger partial charge >= 0.3 is 7.60 Å². The van der Waals surface area contributed by atoms with E-state index in [-0.39, 0.29) is 6.54 Å². The van der Waals surface area contributed by atoms with Crippen molar-refractivity contribution < 1.29 is 34.1 Å². The Hall–Kier alpha value is -0.540. The van der Waals surface area contributed by atoms with Crippen LogP contribution in [-0.4, -0.2) is 70.3 Å². The summed E-state index contributed by atoms with van der Waals surface area (Å²) in [6.07, 6.45) is -4.72. The molecule has 0 aromatic rings. The van der Waals surface area contributed by atoms with Crippen molar-refractivity contribution in [1.29, 1.82) is 0 Å². The van der Waals surface area contributed by atoms with Crippen molar-refractivity contribution in [2.75, 3.05) is 19.8 Å². The first-order valence-corrected chi connectivity index (χ1v) is 7.57. The second-order valence-electron chi connectivity index (χ2n) is 4.16. The fraction of sp³-hybridized carbons (Fsp3) is 0.889. The molecule has 19 heavy (non-hydrogen) atoms. The highest BCUT2D eigenvalue weighted by molar-refractivity contribution is 7.51. The summed E-state index contributed by atoms with van der Waals surface area (Å²) in [5.41, 5.74) is 5.36. The molecule has 0 spiro atoms. The van der Waals surface area contributed by atoms with Crippen molar-refractivity contribution in [3.63, 3.8) is 0 Å². The molecule has 0 heterocycles. The molecule has 7 N–H and O–H groups in total. The highest BCUT2D eigenvalue weighted by Crippen LogP contribution is 2.39. The van der Waals surface area contributed by atoms with Crippen LogP contribution < -0.4 is 11.1 Å². The molecule has 0 rings (SSSR count). The van der Waals surface area contributed by atoms with E-state index in [1.54, 1.807) is 0 Å². The first-order valence-electron chi connectivity index (χ1n) is 5.55. The average molecular weight is 300 g/mol. The maximum Gasteiger partial charge on any atom is 0.325 e. The summed E-state index contributed by atoms with van der Waals surface area (Å²) in [4.78, 5) is 20.1. The molecule has 0 bridgehead atoms. The SMILES string of the molecule is CC(=O)NC(CN)C(O)C(OP(C)(=O)O)C(O)CO. The van der Waals surface area contributed by atoms with E-state index in [2.05, 4.69) is 9.84 Å². The van der Waals surface area contributed by atoms with Gasteiger partial charge in [0.25, 0.3) is 0 Å². The molecule has 0 fully saturated rings. The number of nitrogens with two attached hydrogens (primary N) is 1. The number of aliphatic hydroxyl groups excluding tert-OH is 3. The zero-order valence-electron chi connectivity index (χ0n) is 10.8. The van der Waals surface area contributed by atoms with Crippen LogP contribution in [0.2, 0.25) is 0 Å². The molecule has 0 aromatic heterocycles. The monoisotopic (exact) mass is 300 g/mol. The van der Waals surface area contributed by atoms with Crippen molar-refractivity contribution in [1.82, 2.24) is 5.32 Å². The van der Waals surface area contributed by atoms with Gasteiger partial charge in [0.15, 0.2) is 0 Å². The van der Waals surface area contributed by atoms with Crippen LogP contribution in [0.4, 0.5) is 0 Å². The van der Waals surface area contributed by atoms with E-state index in [1.807, 2.05) is 0 Å². The number of hydrogen-bond acceptors (Lipinski definition) is 7. The molecule has 1 amide bonds. The molecule has 0 aliphatic rings. The van der Waals surface area contributed by atoms with E-state index in [1.165, 1.54) is 6.92 Å². The van der Waals surface area contributed by atoms with Crippen molar-refractivity contribution >= 4 is 13.5 Å². The number of hydrogen-bond donors (Lipinski definition) is 6. The standard InChI is InChI=1S/C9H21N2O7P/c1-5(13)11-6(3-10)8(15)9(7(14)4-12)18-19(2,16)17/h6-9,12,14-15H,3-4,10H2,1-2H3,(H,11,13)(H,16,17). The summed E-state index contributed by atoms with van der Waals surface area (Å²) in [5.74, 6) is -0.476. The van der Waals surface area contributed by atoms with Crippen molar-refractivity contribution in [3.05, 3.63) is 0 Å². The summed E-state index contributed by atoms with van der Waals surface area (Å²) in [7, 11) is -4.01. The topological polar surface area (TPSA) is 162 Å². The van der Waals surface area contributed by atoms with Crippen molar-refractivity contribution in [2.24, 2.45) is 5.73 Å². The number of aliphatic hydroxyl groups is 3. The smallest absolute Gasteiger partial charge is 0.325 e. The highest BCUT2D eigenvalue weighted by atomic mass is 31.2. The van der Waals surface area contributed by atoms with Crippen molar-refractivity contribution in [3.8, 4) is 0 Å². The van der Waals surface area contributed by atoms with Gasteiger partial charge in [-0.2, -0.15) is 0 Å². The molecule has 0 aliphatic heterocycles. The summed E-state index contributed by atoms with van der Waals surface area (Å²) in [5, 5.41) is 30.6. The first-order chi connectivity index (χ1) is 8.62. The molecule has 114 valence electrons. The molecule has 0 saturated heterocycles. The van der Waals surface area contributed by atoms with Crippen LogP contribution in [0.1, 0.15) is 6.92 Å². The molecule has 0 saturated carbocycles. The minimum absolute atomic E-state index is 0.182. The van der Waals surface area contributed by atoms with E-state index >= 15 is 0 Å². The van der Waals surface area contributed by atoms with Gasteiger partial charge in [-0.05, 0) is 0 Å². The molecule has 0 radical (unpaired) electrons. The van der Waals surface area contributed by atoms with Crippen LogP contribution in [0.5, 0.6) is 0 Å². The fourth-order valence-electron chi connectivity index (χ4n) is 1.46. The summed E-state index contributed by atoms with van der Waals surface area (Å²) < 4.78 is 15.9. The zero-order chi connectivity index (χ0) is 15.2. The van der Waals surface area contributed by atoms with Crippen LogP contribution in [0, 0.1) is 0 Å². The largest absolute Gasteiger partial charge is 0.394 e. The van der Waals surface area contributed by atoms with Gasteiger partial charge in [-0.15, -0.1) is 0 Å². The second-order valence-corrected chi connectivity index (χ2v) is 5.97. The Morgan fingerprint density at radius 3 is 2.32 bits per heavy atom. The lowest BCUT2D eigenvalue weighted by atomic mass is 10.0. The molecular weight excluding hydrogens is 279 g/mol. The van der Waals surface area contributed by atoms with E-state index in [0.717, 1.165) is 6.66 Å². The Bertz CT molecular complexity index is 335. The van der Waals surface area contributed by atoms with Gasteiger partial charge in [0.1, 0.15) is 18.3 Å². The van der Waals surface area contributed by atoms with E-state index in [0.29, 0.717) is 0 Å². The minimum atomic E-state index is -4.01. The Balaban J connectivity index is 5.01. The van der Waals surface area contributed by atoms with Gasteiger partial charge in [-0.3, -0.25) is 13.9 Å². The van der Waals surface area contributed by atoms with Crippen LogP contribution in [0.15, 0.2) is 0 Å².